The lowest BCUT2D eigenvalue weighted by molar-refractivity contribution is -0.137. The van der Waals surface area contributed by atoms with E-state index >= 15 is 0 Å². The van der Waals surface area contributed by atoms with Gasteiger partial charge < -0.3 is 10.1 Å². The van der Waals surface area contributed by atoms with E-state index in [4.69, 9.17) is 4.74 Å². The number of hydrogen-bond donors (Lipinski definition) is 1. The van der Waals surface area contributed by atoms with Gasteiger partial charge in [-0.25, -0.2) is 0 Å². The molecule has 5 heteroatoms. The summed E-state index contributed by atoms with van der Waals surface area (Å²) in [6.45, 7) is 3.62. The maximum Gasteiger partial charge on any atom is 0.416 e. The number of hydrogen-bond acceptors (Lipinski definition) is 2. The fraction of sp³-hybridized carbons (Fsp3) is 0.600. The fourth-order valence-electron chi connectivity index (χ4n) is 2.60. The molecule has 2 nitrogen and oxygen atoms in total. The first kappa shape index (κ1) is 15.3. The second-order valence-corrected chi connectivity index (χ2v) is 5.11. The molecule has 1 N–H and O–H groups in total. The molecule has 1 fully saturated rings. The molecular formula is C15H20F3NO. The average molecular weight is 287 g/mol. The van der Waals surface area contributed by atoms with Crippen molar-refractivity contribution in [1.29, 1.82) is 0 Å². The van der Waals surface area contributed by atoms with Gasteiger partial charge in [0.1, 0.15) is 0 Å². The fourth-order valence-corrected chi connectivity index (χ4v) is 2.60. The quantitative estimate of drug-likeness (QED) is 0.896. The lowest BCUT2D eigenvalue weighted by atomic mass is 9.98. The Hall–Kier alpha value is -1.07. The average Bonchev–Trinajstić information content (AvgIpc) is 2.91. The number of rotatable bonds is 5. The molecule has 112 valence electrons. The molecule has 2 unspecified atom stereocenters. The topological polar surface area (TPSA) is 21.3 Å². The van der Waals surface area contributed by atoms with Gasteiger partial charge in [0, 0.05) is 12.6 Å². The maximum atomic E-state index is 12.5. The summed E-state index contributed by atoms with van der Waals surface area (Å²) in [5, 5.41) is 3.37. The van der Waals surface area contributed by atoms with Gasteiger partial charge >= 0.3 is 6.18 Å². The van der Waals surface area contributed by atoms with Crippen LogP contribution in [-0.2, 0) is 17.3 Å². The van der Waals surface area contributed by atoms with Crippen molar-refractivity contribution in [1.82, 2.24) is 5.32 Å². The van der Waals surface area contributed by atoms with Crippen LogP contribution in [0.15, 0.2) is 24.3 Å². The summed E-state index contributed by atoms with van der Waals surface area (Å²) < 4.78 is 43.2. The third kappa shape index (κ3) is 3.96. The van der Waals surface area contributed by atoms with Crippen molar-refractivity contribution in [2.45, 2.75) is 44.5 Å². The summed E-state index contributed by atoms with van der Waals surface area (Å²) >= 11 is 0. The van der Waals surface area contributed by atoms with Gasteiger partial charge in [-0.05, 0) is 43.5 Å². The van der Waals surface area contributed by atoms with Gasteiger partial charge in [0.05, 0.1) is 11.7 Å². The summed E-state index contributed by atoms with van der Waals surface area (Å²) in [5.41, 5.74) is 0.304. The van der Waals surface area contributed by atoms with Crippen LogP contribution < -0.4 is 5.32 Å². The smallest absolute Gasteiger partial charge is 0.377 e. The summed E-state index contributed by atoms with van der Waals surface area (Å²) in [6.07, 6.45) is -1.35. The monoisotopic (exact) mass is 287 g/mol. The number of ether oxygens (including phenoxy) is 1. The molecule has 1 saturated heterocycles. The maximum absolute atomic E-state index is 12.5. The molecule has 1 aliphatic heterocycles. The summed E-state index contributed by atoms with van der Waals surface area (Å²) in [4.78, 5) is 0. The molecule has 2 atom stereocenters. The molecule has 1 aliphatic rings. The Bertz CT molecular complexity index is 410. The van der Waals surface area contributed by atoms with E-state index in [1.807, 2.05) is 6.92 Å². The Labute approximate surface area is 117 Å². The first-order valence-corrected chi connectivity index (χ1v) is 7.02. The normalized spacial score (nSPS) is 21.1. The van der Waals surface area contributed by atoms with Crippen molar-refractivity contribution in [2.24, 2.45) is 0 Å². The van der Waals surface area contributed by atoms with Gasteiger partial charge in [-0.15, -0.1) is 0 Å². The van der Waals surface area contributed by atoms with E-state index in [1.165, 1.54) is 0 Å². The molecule has 1 aromatic rings. The minimum absolute atomic E-state index is 0.164. The van der Waals surface area contributed by atoms with Gasteiger partial charge in [-0.2, -0.15) is 13.2 Å². The zero-order valence-corrected chi connectivity index (χ0v) is 11.5. The van der Waals surface area contributed by atoms with Crippen LogP contribution in [0.1, 0.15) is 30.9 Å². The van der Waals surface area contributed by atoms with Gasteiger partial charge in [-0.1, -0.05) is 19.1 Å². The Balaban J connectivity index is 2.02. The second kappa shape index (κ2) is 6.59. The molecule has 0 saturated carbocycles. The predicted octanol–water partition coefficient (Wildman–Crippen LogP) is 3.41. The van der Waals surface area contributed by atoms with Crippen molar-refractivity contribution in [3.63, 3.8) is 0 Å². The summed E-state index contributed by atoms with van der Waals surface area (Å²) in [7, 11) is 0. The largest absolute Gasteiger partial charge is 0.416 e. The highest BCUT2D eigenvalue weighted by molar-refractivity contribution is 5.25. The molecule has 0 amide bonds. The van der Waals surface area contributed by atoms with E-state index in [9.17, 15) is 13.2 Å². The molecule has 2 rings (SSSR count). The number of nitrogens with one attached hydrogen (secondary N) is 1. The van der Waals surface area contributed by atoms with Gasteiger partial charge in [0.15, 0.2) is 0 Å². The highest BCUT2D eigenvalue weighted by Gasteiger charge is 2.30. The van der Waals surface area contributed by atoms with E-state index < -0.39 is 11.7 Å². The second-order valence-electron chi connectivity index (χ2n) is 5.11. The van der Waals surface area contributed by atoms with Gasteiger partial charge in [0.2, 0.25) is 0 Å². The number of alkyl halides is 3. The van der Waals surface area contributed by atoms with E-state index in [-0.39, 0.29) is 12.1 Å². The molecule has 0 bridgehead atoms. The van der Waals surface area contributed by atoms with Crippen LogP contribution in [-0.4, -0.2) is 25.3 Å². The van der Waals surface area contributed by atoms with Crippen molar-refractivity contribution in [3.05, 3.63) is 35.4 Å². The van der Waals surface area contributed by atoms with Crippen LogP contribution in [0.4, 0.5) is 13.2 Å². The van der Waals surface area contributed by atoms with E-state index in [0.717, 1.165) is 43.7 Å². The van der Waals surface area contributed by atoms with Crippen LogP contribution >= 0.6 is 0 Å². The Kier molecular flexibility index (Phi) is 5.05. The van der Waals surface area contributed by atoms with Crippen LogP contribution in [0.5, 0.6) is 0 Å². The zero-order valence-electron chi connectivity index (χ0n) is 11.5. The summed E-state index contributed by atoms with van der Waals surface area (Å²) in [6, 6.07) is 5.57. The number of halogens is 3. The number of benzene rings is 1. The van der Waals surface area contributed by atoms with E-state index in [2.05, 4.69) is 5.32 Å². The first-order valence-electron chi connectivity index (χ1n) is 7.02. The highest BCUT2D eigenvalue weighted by atomic mass is 19.4. The first-order chi connectivity index (χ1) is 9.50. The SMILES string of the molecule is CCNC(Cc1ccc(C(F)(F)F)cc1)C1CCCO1. The number of likely N-dealkylation sites (N-methyl/N-ethyl adjacent to an activating group) is 1. The van der Waals surface area contributed by atoms with E-state index in [0.29, 0.717) is 6.42 Å². The van der Waals surface area contributed by atoms with Gasteiger partial charge in [-0.3, -0.25) is 0 Å². The van der Waals surface area contributed by atoms with E-state index in [1.54, 1.807) is 12.1 Å². The van der Waals surface area contributed by atoms with Crippen LogP contribution in [0.3, 0.4) is 0 Å². The minimum Gasteiger partial charge on any atom is -0.377 e. The van der Waals surface area contributed by atoms with Crippen molar-refractivity contribution < 1.29 is 17.9 Å². The molecule has 0 spiro atoms. The molecular weight excluding hydrogens is 267 g/mol. The van der Waals surface area contributed by atoms with Crippen molar-refractivity contribution in [3.8, 4) is 0 Å². The minimum atomic E-state index is -4.27. The predicted molar refractivity (Wildman–Crippen MR) is 71.6 cm³/mol. The zero-order chi connectivity index (χ0) is 14.6. The third-order valence-corrected chi connectivity index (χ3v) is 3.62. The standard InChI is InChI=1S/C15H20F3NO/c1-2-19-13(14-4-3-9-20-14)10-11-5-7-12(8-6-11)15(16,17)18/h5-8,13-14,19H,2-4,9-10H2,1H3. The molecule has 20 heavy (non-hydrogen) atoms. The van der Waals surface area contributed by atoms with Crippen LogP contribution in [0, 0.1) is 0 Å². The molecule has 1 heterocycles. The van der Waals surface area contributed by atoms with Crippen LogP contribution in [0.2, 0.25) is 0 Å². The van der Waals surface area contributed by atoms with Crippen molar-refractivity contribution in [2.75, 3.05) is 13.2 Å². The molecule has 0 aromatic heterocycles. The molecule has 1 aromatic carbocycles. The Morgan fingerprint density at radius 1 is 1.30 bits per heavy atom. The van der Waals surface area contributed by atoms with Crippen molar-refractivity contribution >= 4 is 0 Å². The van der Waals surface area contributed by atoms with Gasteiger partial charge in [0.25, 0.3) is 0 Å². The lowest BCUT2D eigenvalue weighted by Gasteiger charge is -2.24. The Morgan fingerprint density at radius 2 is 2.00 bits per heavy atom. The Morgan fingerprint density at radius 3 is 2.50 bits per heavy atom. The molecule has 0 aliphatic carbocycles. The molecule has 0 radical (unpaired) electrons. The van der Waals surface area contributed by atoms with Crippen LogP contribution in [0.25, 0.3) is 0 Å². The summed E-state index contributed by atoms with van der Waals surface area (Å²) in [5.74, 6) is 0. The lowest BCUT2D eigenvalue weighted by Crippen LogP contribution is -2.41. The highest BCUT2D eigenvalue weighted by Crippen LogP contribution is 2.29. The third-order valence-electron chi connectivity index (χ3n) is 3.62.